The Kier molecular flexibility index (Phi) is 3.96. The summed E-state index contributed by atoms with van der Waals surface area (Å²) in [6, 6.07) is 0. The largest absolute Gasteiger partial charge is 0.373 e. The van der Waals surface area contributed by atoms with Crippen LogP contribution in [0.25, 0.3) is 0 Å². The van der Waals surface area contributed by atoms with Crippen LogP contribution >= 0.6 is 0 Å². The molecule has 3 nitrogen and oxygen atoms in total. The summed E-state index contributed by atoms with van der Waals surface area (Å²) >= 11 is 0. The molecule has 3 heteroatoms. The number of hydrogen-bond acceptors (Lipinski definition) is 2. The fourth-order valence-electron chi connectivity index (χ4n) is 1.24. The second-order valence-electron chi connectivity index (χ2n) is 3.11. The first kappa shape index (κ1) is 9.71. The van der Waals surface area contributed by atoms with E-state index >= 15 is 0 Å². The number of rotatable bonds is 4. The number of hydrogen-bond donors (Lipinski definition) is 2. The van der Waals surface area contributed by atoms with Crippen molar-refractivity contribution in [2.24, 2.45) is 10.9 Å². The molecule has 1 aliphatic rings. The second kappa shape index (κ2) is 5.30. The van der Waals surface area contributed by atoms with E-state index < -0.39 is 0 Å². The molecule has 0 aromatic heterocycles. The minimum atomic E-state index is 0.477. The first-order valence-electron chi connectivity index (χ1n) is 4.41. The molecule has 70 valence electrons. The van der Waals surface area contributed by atoms with Gasteiger partial charge in [-0.05, 0) is 13.3 Å². The van der Waals surface area contributed by atoms with Crippen LogP contribution in [-0.4, -0.2) is 19.1 Å². The monoisotopic (exact) mass is 177 g/mol. The molecule has 1 heterocycles. The maximum Gasteiger partial charge on any atom is 0.0793 e. The fourth-order valence-corrected chi connectivity index (χ4v) is 1.24. The molecule has 1 atom stereocenters. The van der Waals surface area contributed by atoms with Gasteiger partial charge in [-0.25, -0.2) is 0 Å². The first-order valence-corrected chi connectivity index (χ1v) is 4.41. The van der Waals surface area contributed by atoms with Crippen LogP contribution in [-0.2, 0) is 0 Å². The third kappa shape index (κ3) is 3.69. The van der Waals surface area contributed by atoms with E-state index in [9.17, 15) is 0 Å². The highest BCUT2D eigenvalue weighted by Crippen LogP contribution is 2.11. The van der Waals surface area contributed by atoms with Crippen molar-refractivity contribution in [3.05, 3.63) is 23.9 Å². The molecule has 1 aliphatic heterocycles. The van der Waals surface area contributed by atoms with Crippen molar-refractivity contribution in [3.8, 4) is 0 Å². The Morgan fingerprint density at radius 2 is 2.62 bits per heavy atom. The lowest BCUT2D eigenvalue weighted by Gasteiger charge is -2.09. The lowest BCUT2D eigenvalue weighted by molar-refractivity contribution is 0.834. The number of nitrogens with one attached hydrogen (secondary N) is 2. The van der Waals surface area contributed by atoms with Gasteiger partial charge in [0.1, 0.15) is 0 Å². The Morgan fingerprint density at radius 1 is 1.77 bits per heavy atom. The predicted octanol–water partition coefficient (Wildman–Crippen LogP) is 1.73. The summed E-state index contributed by atoms with van der Waals surface area (Å²) in [5, 5.41) is 9.67. The standard InChI is InChI=1S/C10H15N3/c1-9(7-13-8-11)6-10-2-4-12-5-3-10/h2,4-6,8,10H,3,7H2,1H3,(H2,11,13)/b9-6+. The highest BCUT2D eigenvalue weighted by atomic mass is 14.9. The lowest BCUT2D eigenvalue weighted by Crippen LogP contribution is -2.13. The van der Waals surface area contributed by atoms with Crippen molar-refractivity contribution in [2.45, 2.75) is 13.3 Å². The molecule has 0 bridgehead atoms. The van der Waals surface area contributed by atoms with Crippen LogP contribution in [0.2, 0.25) is 0 Å². The molecule has 0 aromatic rings. The maximum absolute atomic E-state index is 6.82. The summed E-state index contributed by atoms with van der Waals surface area (Å²) in [4.78, 5) is 4.01. The van der Waals surface area contributed by atoms with Gasteiger partial charge in [0, 0.05) is 24.9 Å². The normalized spacial score (nSPS) is 21.6. The molecule has 0 saturated heterocycles. The Morgan fingerprint density at radius 3 is 3.23 bits per heavy atom. The molecule has 0 radical (unpaired) electrons. The van der Waals surface area contributed by atoms with E-state index in [1.165, 1.54) is 11.9 Å². The van der Waals surface area contributed by atoms with Crippen molar-refractivity contribution < 1.29 is 0 Å². The molecule has 13 heavy (non-hydrogen) atoms. The molecule has 0 aliphatic carbocycles. The molecule has 1 rings (SSSR count). The molecule has 1 unspecified atom stereocenters. The Labute approximate surface area is 78.8 Å². The van der Waals surface area contributed by atoms with Gasteiger partial charge in [0.15, 0.2) is 0 Å². The lowest BCUT2D eigenvalue weighted by atomic mass is 10.0. The van der Waals surface area contributed by atoms with Gasteiger partial charge in [-0.3, -0.25) is 10.4 Å². The topological polar surface area (TPSA) is 48.2 Å². The molecular weight excluding hydrogens is 162 g/mol. The highest BCUT2D eigenvalue weighted by molar-refractivity contribution is 5.60. The summed E-state index contributed by atoms with van der Waals surface area (Å²) in [7, 11) is 0. The van der Waals surface area contributed by atoms with Crippen molar-refractivity contribution in [1.82, 2.24) is 5.32 Å². The van der Waals surface area contributed by atoms with Gasteiger partial charge < -0.3 is 5.32 Å². The zero-order valence-corrected chi connectivity index (χ0v) is 7.83. The van der Waals surface area contributed by atoms with Crippen molar-refractivity contribution >= 4 is 12.6 Å². The second-order valence-corrected chi connectivity index (χ2v) is 3.11. The van der Waals surface area contributed by atoms with Gasteiger partial charge in [-0.15, -0.1) is 0 Å². The van der Waals surface area contributed by atoms with Crippen LogP contribution in [0.4, 0.5) is 0 Å². The van der Waals surface area contributed by atoms with E-state index in [2.05, 4.69) is 29.4 Å². The quantitative estimate of drug-likeness (QED) is 0.383. The molecule has 0 spiro atoms. The zero-order chi connectivity index (χ0) is 9.52. The van der Waals surface area contributed by atoms with Crippen LogP contribution in [0.3, 0.4) is 0 Å². The van der Waals surface area contributed by atoms with Crippen LogP contribution in [0, 0.1) is 11.3 Å². The third-order valence-corrected chi connectivity index (χ3v) is 1.88. The van der Waals surface area contributed by atoms with Crippen LogP contribution in [0.5, 0.6) is 0 Å². The summed E-state index contributed by atoms with van der Waals surface area (Å²) in [5.74, 6) is 0.477. The van der Waals surface area contributed by atoms with Crippen molar-refractivity contribution in [3.63, 3.8) is 0 Å². The van der Waals surface area contributed by atoms with Crippen LogP contribution < -0.4 is 5.32 Å². The van der Waals surface area contributed by atoms with E-state index in [0.717, 1.165) is 13.0 Å². The van der Waals surface area contributed by atoms with E-state index in [4.69, 9.17) is 5.41 Å². The van der Waals surface area contributed by atoms with Crippen LogP contribution in [0.15, 0.2) is 28.9 Å². The number of aliphatic imine (C=N–C) groups is 1. The van der Waals surface area contributed by atoms with Gasteiger partial charge >= 0.3 is 0 Å². The zero-order valence-electron chi connectivity index (χ0n) is 7.83. The molecular formula is C10H15N3. The average Bonchev–Trinajstić information content (AvgIpc) is 2.16. The van der Waals surface area contributed by atoms with Gasteiger partial charge in [-0.1, -0.05) is 17.7 Å². The van der Waals surface area contributed by atoms with Crippen molar-refractivity contribution in [1.29, 1.82) is 5.41 Å². The van der Waals surface area contributed by atoms with Gasteiger partial charge in [0.2, 0.25) is 0 Å². The Bertz CT molecular complexity index is 251. The SMILES string of the molecule is C/C(=C\C1C=CN=CC1)CNC=N. The summed E-state index contributed by atoms with van der Waals surface area (Å²) in [6.45, 7) is 2.82. The Balaban J connectivity index is 2.40. The van der Waals surface area contributed by atoms with Crippen LogP contribution in [0.1, 0.15) is 13.3 Å². The molecule has 0 aromatic carbocycles. The van der Waals surface area contributed by atoms with E-state index in [-0.39, 0.29) is 0 Å². The smallest absolute Gasteiger partial charge is 0.0793 e. The minimum absolute atomic E-state index is 0.477. The van der Waals surface area contributed by atoms with Gasteiger partial charge in [0.05, 0.1) is 6.34 Å². The fraction of sp³-hybridized carbons (Fsp3) is 0.400. The van der Waals surface area contributed by atoms with E-state index in [1.807, 2.05) is 12.4 Å². The molecule has 0 fully saturated rings. The van der Waals surface area contributed by atoms with E-state index in [1.54, 1.807) is 0 Å². The molecule has 0 amide bonds. The molecule has 0 saturated carbocycles. The first-order chi connectivity index (χ1) is 6.33. The summed E-state index contributed by atoms with van der Waals surface area (Å²) in [6.07, 6.45) is 10.3. The molecule has 2 N–H and O–H groups in total. The highest BCUT2D eigenvalue weighted by Gasteiger charge is 2.01. The third-order valence-electron chi connectivity index (χ3n) is 1.88. The minimum Gasteiger partial charge on any atom is -0.373 e. The maximum atomic E-state index is 6.82. The predicted molar refractivity (Wildman–Crippen MR) is 56.3 cm³/mol. The summed E-state index contributed by atoms with van der Waals surface area (Å²) in [5.41, 5.74) is 1.26. The number of allylic oxidation sites excluding steroid dienone is 2. The van der Waals surface area contributed by atoms with Gasteiger partial charge in [0.25, 0.3) is 0 Å². The average molecular weight is 177 g/mol. The van der Waals surface area contributed by atoms with Gasteiger partial charge in [-0.2, -0.15) is 0 Å². The van der Waals surface area contributed by atoms with E-state index in [0.29, 0.717) is 5.92 Å². The van der Waals surface area contributed by atoms with Crippen molar-refractivity contribution in [2.75, 3.05) is 6.54 Å². The summed E-state index contributed by atoms with van der Waals surface area (Å²) < 4.78 is 0. The number of nitrogens with zero attached hydrogens (tertiary/aromatic N) is 1. The Hall–Kier alpha value is -1.38.